The maximum Gasteiger partial charge on any atom is 0.0900 e. The number of halogens is 1. The third-order valence-electron chi connectivity index (χ3n) is 4.15. The summed E-state index contributed by atoms with van der Waals surface area (Å²) in [5, 5.41) is 20.0. The molecule has 4 nitrogen and oxygen atoms in total. The Balaban J connectivity index is 1.70. The van der Waals surface area contributed by atoms with Gasteiger partial charge >= 0.3 is 0 Å². The van der Waals surface area contributed by atoms with E-state index in [4.69, 9.17) is 21.4 Å². The fraction of sp³-hybridized carbons (Fsp3) is 0.647. The third-order valence-corrected chi connectivity index (χ3v) is 4.40. The van der Waals surface area contributed by atoms with Gasteiger partial charge in [0, 0.05) is 24.2 Å². The molecule has 0 spiro atoms. The van der Waals surface area contributed by atoms with Gasteiger partial charge in [0.25, 0.3) is 0 Å². The Morgan fingerprint density at radius 3 is 2.77 bits per heavy atom. The number of hydrogen-bond acceptors (Lipinski definition) is 4. The van der Waals surface area contributed by atoms with Crippen molar-refractivity contribution in [3.8, 4) is 0 Å². The standard InChI is InChI=1S/C17H26ClNO3/c18-15-6-4-14(5-7-15)12-22-13-17(21)11-19-9-2-1-3-16(19)8-10-20/h4-7,16-17,20-21H,1-3,8-13H2/t16-,17+/m0/s1. The minimum atomic E-state index is -0.494. The van der Waals surface area contributed by atoms with Crippen molar-refractivity contribution in [1.82, 2.24) is 4.90 Å². The average Bonchev–Trinajstić information content (AvgIpc) is 2.51. The van der Waals surface area contributed by atoms with E-state index in [1.807, 2.05) is 24.3 Å². The molecule has 0 saturated carbocycles. The number of aliphatic hydroxyl groups is 2. The summed E-state index contributed by atoms with van der Waals surface area (Å²) in [7, 11) is 0. The molecule has 1 aromatic rings. The predicted molar refractivity (Wildman–Crippen MR) is 88.0 cm³/mol. The minimum absolute atomic E-state index is 0.213. The number of piperidine rings is 1. The first kappa shape index (κ1) is 17.7. The van der Waals surface area contributed by atoms with Crippen molar-refractivity contribution in [2.24, 2.45) is 0 Å². The smallest absolute Gasteiger partial charge is 0.0900 e. The molecule has 1 fully saturated rings. The third kappa shape index (κ3) is 5.86. The van der Waals surface area contributed by atoms with E-state index in [-0.39, 0.29) is 6.61 Å². The molecule has 1 saturated heterocycles. The van der Waals surface area contributed by atoms with Crippen LogP contribution in [0.1, 0.15) is 31.2 Å². The second-order valence-corrected chi connectivity index (χ2v) is 6.39. The first-order valence-electron chi connectivity index (χ1n) is 8.04. The monoisotopic (exact) mass is 327 g/mol. The number of β-amino-alcohol motifs (C(OH)–C–C–N with tert-alkyl or cyclic N) is 1. The highest BCUT2D eigenvalue weighted by Crippen LogP contribution is 2.19. The highest BCUT2D eigenvalue weighted by atomic mass is 35.5. The average molecular weight is 328 g/mol. The van der Waals surface area contributed by atoms with Crippen LogP contribution in [0.2, 0.25) is 5.02 Å². The zero-order valence-electron chi connectivity index (χ0n) is 13.0. The molecule has 0 bridgehead atoms. The van der Waals surface area contributed by atoms with Crippen molar-refractivity contribution < 1.29 is 14.9 Å². The van der Waals surface area contributed by atoms with Gasteiger partial charge in [0.2, 0.25) is 0 Å². The fourth-order valence-electron chi connectivity index (χ4n) is 2.99. The molecule has 22 heavy (non-hydrogen) atoms. The van der Waals surface area contributed by atoms with Crippen LogP contribution in [0.3, 0.4) is 0 Å². The topological polar surface area (TPSA) is 52.9 Å². The molecule has 0 radical (unpaired) electrons. The molecule has 124 valence electrons. The summed E-state index contributed by atoms with van der Waals surface area (Å²) in [6.45, 7) is 2.63. The van der Waals surface area contributed by atoms with Crippen molar-refractivity contribution in [3.63, 3.8) is 0 Å². The van der Waals surface area contributed by atoms with Gasteiger partial charge in [-0.2, -0.15) is 0 Å². The second kappa shape index (κ2) is 9.48. The van der Waals surface area contributed by atoms with Crippen molar-refractivity contribution in [2.45, 2.75) is 44.4 Å². The minimum Gasteiger partial charge on any atom is -0.396 e. The van der Waals surface area contributed by atoms with Gasteiger partial charge in [-0.3, -0.25) is 4.90 Å². The Morgan fingerprint density at radius 1 is 1.27 bits per heavy atom. The van der Waals surface area contributed by atoms with Crippen LogP contribution in [-0.4, -0.2) is 53.6 Å². The molecule has 5 heteroatoms. The summed E-state index contributed by atoms with van der Waals surface area (Å²) in [4.78, 5) is 2.29. The Bertz CT molecular complexity index is 424. The molecular formula is C17H26ClNO3. The van der Waals surface area contributed by atoms with Crippen molar-refractivity contribution in [1.29, 1.82) is 0 Å². The SMILES string of the molecule is OCC[C@@H]1CCCCN1C[C@@H](O)COCc1ccc(Cl)cc1. The molecular weight excluding hydrogens is 302 g/mol. The summed E-state index contributed by atoms with van der Waals surface area (Å²) in [6, 6.07) is 7.92. The summed E-state index contributed by atoms with van der Waals surface area (Å²) >= 11 is 5.84. The quantitative estimate of drug-likeness (QED) is 0.770. The van der Waals surface area contributed by atoms with Crippen LogP contribution in [0.15, 0.2) is 24.3 Å². The van der Waals surface area contributed by atoms with Crippen molar-refractivity contribution in [2.75, 3.05) is 26.3 Å². The summed E-state index contributed by atoms with van der Waals surface area (Å²) in [5.41, 5.74) is 1.05. The first-order chi connectivity index (χ1) is 10.7. The summed E-state index contributed by atoms with van der Waals surface area (Å²) in [6.07, 6.45) is 3.79. The van der Waals surface area contributed by atoms with E-state index in [1.165, 1.54) is 12.8 Å². The van der Waals surface area contributed by atoms with Crippen LogP contribution < -0.4 is 0 Å². The van der Waals surface area contributed by atoms with Gasteiger partial charge in [0.15, 0.2) is 0 Å². The van der Waals surface area contributed by atoms with Gasteiger partial charge < -0.3 is 14.9 Å². The Kier molecular flexibility index (Phi) is 7.63. The largest absolute Gasteiger partial charge is 0.396 e. The number of rotatable bonds is 8. The van der Waals surface area contributed by atoms with Crippen LogP contribution in [0.5, 0.6) is 0 Å². The van der Waals surface area contributed by atoms with E-state index in [2.05, 4.69) is 4.90 Å². The maximum atomic E-state index is 10.2. The van der Waals surface area contributed by atoms with E-state index in [9.17, 15) is 5.11 Å². The lowest BCUT2D eigenvalue weighted by molar-refractivity contribution is -0.00605. The first-order valence-corrected chi connectivity index (χ1v) is 8.42. The van der Waals surface area contributed by atoms with E-state index < -0.39 is 6.10 Å². The highest BCUT2D eigenvalue weighted by molar-refractivity contribution is 6.30. The van der Waals surface area contributed by atoms with E-state index in [0.29, 0.717) is 30.8 Å². The molecule has 1 aliphatic heterocycles. The molecule has 2 rings (SSSR count). The number of benzene rings is 1. The van der Waals surface area contributed by atoms with Crippen LogP contribution in [0.4, 0.5) is 0 Å². The fourth-order valence-corrected chi connectivity index (χ4v) is 3.12. The molecule has 1 aromatic carbocycles. The number of hydrogen-bond donors (Lipinski definition) is 2. The number of nitrogens with zero attached hydrogens (tertiary/aromatic N) is 1. The second-order valence-electron chi connectivity index (χ2n) is 5.95. The lowest BCUT2D eigenvalue weighted by Crippen LogP contribution is -2.45. The molecule has 0 aliphatic carbocycles. The molecule has 1 heterocycles. The van der Waals surface area contributed by atoms with E-state index in [0.717, 1.165) is 24.9 Å². The number of likely N-dealkylation sites (tertiary alicyclic amines) is 1. The summed E-state index contributed by atoms with van der Waals surface area (Å²) in [5.74, 6) is 0. The normalized spacial score (nSPS) is 21.0. The van der Waals surface area contributed by atoms with Crippen LogP contribution in [-0.2, 0) is 11.3 Å². The lowest BCUT2D eigenvalue weighted by Gasteiger charge is -2.36. The zero-order valence-corrected chi connectivity index (χ0v) is 13.7. The van der Waals surface area contributed by atoms with Crippen molar-refractivity contribution in [3.05, 3.63) is 34.9 Å². The van der Waals surface area contributed by atoms with Gasteiger partial charge in [-0.15, -0.1) is 0 Å². The molecule has 0 unspecified atom stereocenters. The predicted octanol–water partition coefficient (Wildman–Crippen LogP) is 2.45. The van der Waals surface area contributed by atoms with Crippen molar-refractivity contribution >= 4 is 11.6 Å². The van der Waals surface area contributed by atoms with Gasteiger partial charge in [-0.1, -0.05) is 30.2 Å². The zero-order chi connectivity index (χ0) is 15.8. The lowest BCUT2D eigenvalue weighted by atomic mass is 9.99. The Hall–Kier alpha value is -0.650. The van der Waals surface area contributed by atoms with Gasteiger partial charge in [-0.25, -0.2) is 0 Å². The molecule has 0 amide bonds. The highest BCUT2D eigenvalue weighted by Gasteiger charge is 2.23. The Morgan fingerprint density at radius 2 is 2.05 bits per heavy atom. The Labute approximate surface area is 137 Å². The van der Waals surface area contributed by atoms with Gasteiger partial charge in [-0.05, 0) is 43.5 Å². The number of ether oxygens (including phenoxy) is 1. The maximum absolute atomic E-state index is 10.2. The molecule has 2 N–H and O–H groups in total. The van der Waals surface area contributed by atoms with Crippen LogP contribution >= 0.6 is 11.6 Å². The summed E-state index contributed by atoms with van der Waals surface area (Å²) < 4.78 is 5.59. The molecule has 1 aliphatic rings. The van der Waals surface area contributed by atoms with Gasteiger partial charge in [0.05, 0.1) is 19.3 Å². The van der Waals surface area contributed by atoms with Gasteiger partial charge in [0.1, 0.15) is 0 Å². The molecule has 0 aromatic heterocycles. The number of aliphatic hydroxyl groups excluding tert-OH is 2. The van der Waals surface area contributed by atoms with Crippen LogP contribution in [0.25, 0.3) is 0 Å². The van der Waals surface area contributed by atoms with Crippen LogP contribution in [0, 0.1) is 0 Å². The molecule has 2 atom stereocenters. The van der Waals surface area contributed by atoms with E-state index >= 15 is 0 Å². The van der Waals surface area contributed by atoms with E-state index in [1.54, 1.807) is 0 Å².